The van der Waals surface area contributed by atoms with Crippen LogP contribution in [0.15, 0.2) is 36.0 Å². The van der Waals surface area contributed by atoms with Crippen LogP contribution in [0.5, 0.6) is 0 Å². The van der Waals surface area contributed by atoms with Gasteiger partial charge >= 0.3 is 0 Å². The molecule has 3 heteroatoms. The highest BCUT2D eigenvalue weighted by Crippen LogP contribution is 2.29. The summed E-state index contributed by atoms with van der Waals surface area (Å²) in [4.78, 5) is 5.25. The second-order valence-corrected chi connectivity index (χ2v) is 5.98. The molecular formula is C15H17NOS. The Hall–Kier alpha value is -1.19. The van der Waals surface area contributed by atoms with Crippen molar-refractivity contribution >= 4 is 11.3 Å². The zero-order chi connectivity index (χ0) is 12.4. The minimum absolute atomic E-state index is 0.237. The zero-order valence-corrected chi connectivity index (χ0v) is 11.1. The predicted octanol–water partition coefficient (Wildman–Crippen LogP) is 2.85. The first kappa shape index (κ1) is 11.9. The smallest absolute Gasteiger partial charge is 0.0794 e. The highest BCUT2D eigenvalue weighted by Gasteiger charge is 2.25. The molecule has 0 saturated carbocycles. The predicted molar refractivity (Wildman–Crippen MR) is 73.8 cm³/mol. The molecule has 2 unspecified atom stereocenters. The van der Waals surface area contributed by atoms with Crippen molar-refractivity contribution in [2.45, 2.75) is 31.8 Å². The Balaban J connectivity index is 1.68. The molecule has 18 heavy (non-hydrogen) atoms. The molecule has 1 N–H and O–H groups in total. The number of rotatable bonds is 3. The van der Waals surface area contributed by atoms with E-state index in [1.54, 1.807) is 11.3 Å². The van der Waals surface area contributed by atoms with E-state index in [0.717, 1.165) is 25.7 Å². The van der Waals surface area contributed by atoms with Crippen molar-refractivity contribution in [3.63, 3.8) is 0 Å². The zero-order valence-electron chi connectivity index (χ0n) is 10.2. The molecule has 0 bridgehead atoms. The molecule has 0 spiro atoms. The highest BCUT2D eigenvalue weighted by molar-refractivity contribution is 7.09. The minimum Gasteiger partial charge on any atom is -0.392 e. The molecule has 0 radical (unpaired) electrons. The fourth-order valence-corrected chi connectivity index (χ4v) is 3.42. The summed E-state index contributed by atoms with van der Waals surface area (Å²) in [5.41, 5.74) is 4.70. The first-order valence-electron chi connectivity index (χ1n) is 6.45. The van der Waals surface area contributed by atoms with Crippen LogP contribution in [0.3, 0.4) is 0 Å². The quantitative estimate of drug-likeness (QED) is 0.919. The number of aromatic nitrogens is 1. The molecule has 0 fully saturated rings. The lowest BCUT2D eigenvalue weighted by atomic mass is 9.80. The first-order chi connectivity index (χ1) is 8.83. The van der Waals surface area contributed by atoms with Crippen LogP contribution in [0.1, 0.15) is 22.4 Å². The van der Waals surface area contributed by atoms with E-state index in [1.165, 1.54) is 16.0 Å². The summed E-state index contributed by atoms with van der Waals surface area (Å²) in [5, 5.41) is 10.4. The first-order valence-corrected chi connectivity index (χ1v) is 7.33. The number of thiazole rings is 1. The summed E-state index contributed by atoms with van der Waals surface area (Å²) in [6.45, 7) is 0. The summed E-state index contributed by atoms with van der Waals surface area (Å²) in [7, 11) is 0. The molecule has 2 atom stereocenters. The lowest BCUT2D eigenvalue weighted by Crippen LogP contribution is -2.28. The molecule has 94 valence electrons. The van der Waals surface area contributed by atoms with Gasteiger partial charge in [0.05, 0.1) is 11.6 Å². The number of nitrogens with zero attached hydrogens (tertiary/aromatic N) is 1. The van der Waals surface area contributed by atoms with Crippen LogP contribution in [-0.4, -0.2) is 16.2 Å². The lowest BCUT2D eigenvalue weighted by Gasteiger charge is -2.28. The van der Waals surface area contributed by atoms with Crippen LogP contribution in [0.2, 0.25) is 0 Å². The van der Waals surface area contributed by atoms with Gasteiger partial charge in [0.1, 0.15) is 0 Å². The van der Waals surface area contributed by atoms with Gasteiger partial charge in [0.2, 0.25) is 0 Å². The van der Waals surface area contributed by atoms with Crippen molar-refractivity contribution in [2.75, 3.05) is 0 Å². The molecule has 0 amide bonds. The summed E-state index contributed by atoms with van der Waals surface area (Å²) in [6, 6.07) is 8.60. The summed E-state index contributed by atoms with van der Waals surface area (Å²) in [5.74, 6) is 0.391. The standard InChI is InChI=1S/C15H17NOS/c17-15(8-14-9-16-10-18-14)13-6-5-11-3-1-2-4-12(11)7-13/h1-4,9-10,13,15,17H,5-8H2. The molecule has 0 aliphatic heterocycles. The number of aliphatic hydroxyl groups excluding tert-OH is 1. The number of aliphatic hydroxyl groups is 1. The average molecular weight is 259 g/mol. The third-order valence-electron chi connectivity index (χ3n) is 3.82. The van der Waals surface area contributed by atoms with Gasteiger partial charge in [-0.1, -0.05) is 24.3 Å². The largest absolute Gasteiger partial charge is 0.392 e. The SMILES string of the molecule is OC(Cc1cncs1)C1CCc2ccccc2C1. The van der Waals surface area contributed by atoms with Gasteiger partial charge in [-0.15, -0.1) is 11.3 Å². The molecule has 0 saturated heterocycles. The maximum atomic E-state index is 10.4. The second-order valence-electron chi connectivity index (χ2n) is 5.01. The fourth-order valence-electron chi connectivity index (χ4n) is 2.77. The average Bonchev–Trinajstić information content (AvgIpc) is 2.91. The number of hydrogen-bond acceptors (Lipinski definition) is 3. The molecule has 2 aromatic rings. The van der Waals surface area contributed by atoms with Crippen LogP contribution in [0.25, 0.3) is 0 Å². The van der Waals surface area contributed by atoms with Crippen LogP contribution in [0.4, 0.5) is 0 Å². The van der Waals surface area contributed by atoms with E-state index in [2.05, 4.69) is 29.2 Å². The normalized spacial score (nSPS) is 20.4. The van der Waals surface area contributed by atoms with E-state index in [0.29, 0.717) is 5.92 Å². The molecule has 2 nitrogen and oxygen atoms in total. The number of benzene rings is 1. The van der Waals surface area contributed by atoms with Crippen LogP contribution in [0, 0.1) is 5.92 Å². The molecule has 1 aromatic heterocycles. The molecular weight excluding hydrogens is 242 g/mol. The second kappa shape index (κ2) is 5.21. The van der Waals surface area contributed by atoms with Crippen LogP contribution >= 0.6 is 11.3 Å². The van der Waals surface area contributed by atoms with E-state index in [-0.39, 0.29) is 6.10 Å². The van der Waals surface area contributed by atoms with Gasteiger partial charge in [-0.2, -0.15) is 0 Å². The Bertz CT molecular complexity index is 509. The summed E-state index contributed by atoms with van der Waals surface area (Å²) >= 11 is 1.63. The number of aryl methyl sites for hydroxylation is 1. The van der Waals surface area contributed by atoms with Gasteiger partial charge in [0.25, 0.3) is 0 Å². The molecule has 1 aromatic carbocycles. The van der Waals surface area contributed by atoms with E-state index in [1.807, 2.05) is 11.7 Å². The highest BCUT2D eigenvalue weighted by atomic mass is 32.1. The van der Waals surface area contributed by atoms with Crippen molar-refractivity contribution in [1.82, 2.24) is 4.98 Å². The summed E-state index contributed by atoms with van der Waals surface area (Å²) < 4.78 is 0. The molecule has 3 rings (SSSR count). The topological polar surface area (TPSA) is 33.1 Å². The van der Waals surface area contributed by atoms with Crippen molar-refractivity contribution in [3.05, 3.63) is 52.0 Å². The van der Waals surface area contributed by atoms with Gasteiger partial charge in [-0.3, -0.25) is 4.98 Å². The van der Waals surface area contributed by atoms with E-state index < -0.39 is 0 Å². The third kappa shape index (κ3) is 2.47. The third-order valence-corrected chi connectivity index (χ3v) is 4.62. The van der Waals surface area contributed by atoms with Gasteiger partial charge < -0.3 is 5.11 Å². The van der Waals surface area contributed by atoms with Gasteiger partial charge in [0.15, 0.2) is 0 Å². The monoisotopic (exact) mass is 259 g/mol. The maximum Gasteiger partial charge on any atom is 0.0794 e. The van der Waals surface area contributed by atoms with Crippen molar-refractivity contribution < 1.29 is 5.11 Å². The Kier molecular flexibility index (Phi) is 3.43. The maximum absolute atomic E-state index is 10.4. The van der Waals surface area contributed by atoms with Crippen molar-refractivity contribution in [3.8, 4) is 0 Å². The fraction of sp³-hybridized carbons (Fsp3) is 0.400. The van der Waals surface area contributed by atoms with Gasteiger partial charge in [0, 0.05) is 17.5 Å². The van der Waals surface area contributed by atoms with E-state index in [9.17, 15) is 5.11 Å². The molecule has 1 aliphatic carbocycles. The Morgan fingerprint density at radius 2 is 2.17 bits per heavy atom. The van der Waals surface area contributed by atoms with Crippen molar-refractivity contribution in [2.24, 2.45) is 5.92 Å². The Morgan fingerprint density at radius 3 is 2.94 bits per heavy atom. The van der Waals surface area contributed by atoms with Crippen molar-refractivity contribution in [1.29, 1.82) is 0 Å². The van der Waals surface area contributed by atoms with E-state index >= 15 is 0 Å². The number of hydrogen-bond donors (Lipinski definition) is 1. The minimum atomic E-state index is -0.237. The lowest BCUT2D eigenvalue weighted by molar-refractivity contribution is 0.1000. The van der Waals surface area contributed by atoms with E-state index in [4.69, 9.17) is 0 Å². The molecule has 1 aliphatic rings. The van der Waals surface area contributed by atoms with Gasteiger partial charge in [-0.25, -0.2) is 0 Å². The Morgan fingerprint density at radius 1 is 1.33 bits per heavy atom. The number of fused-ring (bicyclic) bond motifs is 1. The molecule has 1 heterocycles. The Labute approximate surface area is 111 Å². The summed E-state index contributed by atoms with van der Waals surface area (Å²) in [6.07, 6.45) is 5.58. The van der Waals surface area contributed by atoms with Crippen LogP contribution < -0.4 is 0 Å². The van der Waals surface area contributed by atoms with Gasteiger partial charge in [-0.05, 0) is 36.3 Å². The van der Waals surface area contributed by atoms with Crippen LogP contribution in [-0.2, 0) is 19.3 Å².